The van der Waals surface area contributed by atoms with Gasteiger partial charge in [-0.15, -0.1) is 0 Å². The van der Waals surface area contributed by atoms with Crippen LogP contribution in [0.4, 0.5) is 17.1 Å². The Bertz CT molecular complexity index is 1340. The maximum atomic E-state index is 13.4. The lowest BCUT2D eigenvalue weighted by molar-refractivity contribution is -0.117. The Hall–Kier alpha value is -2.84. The van der Waals surface area contributed by atoms with Gasteiger partial charge >= 0.3 is 0 Å². The van der Waals surface area contributed by atoms with Crippen LogP contribution in [0, 0.1) is 13.8 Å². The molecule has 1 aliphatic heterocycles. The number of aromatic hydroxyl groups is 1. The number of hydrogen-bond donors (Lipinski definition) is 2. The zero-order valence-corrected chi connectivity index (χ0v) is 20.9. The first-order chi connectivity index (χ1) is 16.1. The SMILES string of the molecule is Cc1ccc(Cl)c(N=C2NN(c3c(Cl)cc(Cl)cc3Cl)C(=O)C2N=Nc2ccc(O)c(C)c2)c1. The zero-order valence-electron chi connectivity index (χ0n) is 17.9. The highest BCUT2D eigenvalue weighted by Gasteiger charge is 2.41. The van der Waals surface area contributed by atoms with Crippen LogP contribution in [-0.4, -0.2) is 22.9 Å². The first-order valence-electron chi connectivity index (χ1n) is 9.94. The fourth-order valence-electron chi connectivity index (χ4n) is 3.24. The Morgan fingerprint density at radius 3 is 2.32 bits per heavy atom. The molecule has 1 saturated heterocycles. The van der Waals surface area contributed by atoms with Crippen molar-refractivity contribution in [1.29, 1.82) is 0 Å². The molecule has 0 saturated carbocycles. The van der Waals surface area contributed by atoms with Gasteiger partial charge in [0.1, 0.15) is 11.4 Å². The van der Waals surface area contributed by atoms with Crippen LogP contribution >= 0.6 is 46.4 Å². The van der Waals surface area contributed by atoms with E-state index in [1.54, 1.807) is 31.2 Å². The summed E-state index contributed by atoms with van der Waals surface area (Å²) in [6, 6.07) is 11.9. The van der Waals surface area contributed by atoms with Gasteiger partial charge in [0.25, 0.3) is 5.91 Å². The molecule has 1 amide bonds. The summed E-state index contributed by atoms with van der Waals surface area (Å²) in [7, 11) is 0. The second-order valence-corrected chi connectivity index (χ2v) is 9.20. The zero-order chi connectivity index (χ0) is 24.6. The number of hydrazine groups is 1. The van der Waals surface area contributed by atoms with Crippen molar-refractivity contribution >= 4 is 75.2 Å². The minimum absolute atomic E-state index is 0.132. The topological polar surface area (TPSA) is 89.7 Å². The third-order valence-electron chi connectivity index (χ3n) is 4.96. The lowest BCUT2D eigenvalue weighted by Gasteiger charge is -2.19. The van der Waals surface area contributed by atoms with Crippen molar-refractivity contribution in [3.8, 4) is 5.75 Å². The molecule has 3 aromatic carbocycles. The number of hydrogen-bond acceptors (Lipinski definition) is 5. The smallest absolute Gasteiger partial charge is 0.280 e. The minimum atomic E-state index is -1.13. The van der Waals surface area contributed by atoms with Crippen molar-refractivity contribution in [1.82, 2.24) is 5.43 Å². The van der Waals surface area contributed by atoms with Crippen molar-refractivity contribution in [2.24, 2.45) is 15.2 Å². The molecule has 7 nitrogen and oxygen atoms in total. The second-order valence-electron chi connectivity index (χ2n) is 7.54. The van der Waals surface area contributed by atoms with Gasteiger partial charge in [-0.05, 0) is 67.4 Å². The van der Waals surface area contributed by atoms with Crippen molar-refractivity contribution in [3.63, 3.8) is 0 Å². The van der Waals surface area contributed by atoms with Crippen LogP contribution in [-0.2, 0) is 4.79 Å². The molecule has 2 N–H and O–H groups in total. The molecular formula is C23H17Cl4N5O2. The molecular weight excluding hydrogens is 520 g/mol. The van der Waals surface area contributed by atoms with Gasteiger partial charge in [0, 0.05) is 5.02 Å². The van der Waals surface area contributed by atoms with Crippen LogP contribution in [0.3, 0.4) is 0 Å². The standard InChI is InChI=1S/C23H17Cl4N5O2/c1-11-3-5-15(25)18(7-11)28-22-20(30-29-14-4-6-19(33)12(2)8-14)23(34)32(31-22)21-16(26)9-13(24)10-17(21)27/h3-10,20,33H,1-2H3,(H,28,31). The molecule has 0 spiro atoms. The molecule has 0 radical (unpaired) electrons. The highest BCUT2D eigenvalue weighted by Crippen LogP contribution is 2.38. The number of carbonyl (C=O) groups is 1. The lowest BCUT2D eigenvalue weighted by Crippen LogP contribution is -2.36. The number of aliphatic imine (C=N–C) groups is 1. The van der Waals surface area contributed by atoms with E-state index in [1.165, 1.54) is 18.2 Å². The van der Waals surface area contributed by atoms with Gasteiger partial charge in [0.15, 0.2) is 5.84 Å². The van der Waals surface area contributed by atoms with E-state index < -0.39 is 11.9 Å². The summed E-state index contributed by atoms with van der Waals surface area (Å²) in [5.74, 6) is -0.196. The average molecular weight is 537 g/mol. The van der Waals surface area contributed by atoms with Crippen molar-refractivity contribution in [2.75, 3.05) is 5.01 Å². The van der Waals surface area contributed by atoms with E-state index in [2.05, 4.69) is 20.6 Å². The number of amides is 1. The number of anilines is 1. The van der Waals surface area contributed by atoms with E-state index in [0.29, 0.717) is 27.0 Å². The number of benzene rings is 3. The summed E-state index contributed by atoms with van der Waals surface area (Å²) in [4.78, 5) is 17.9. The maximum absolute atomic E-state index is 13.4. The lowest BCUT2D eigenvalue weighted by atomic mass is 10.2. The van der Waals surface area contributed by atoms with E-state index >= 15 is 0 Å². The number of amidine groups is 1. The van der Waals surface area contributed by atoms with Crippen molar-refractivity contribution in [2.45, 2.75) is 19.9 Å². The predicted octanol–water partition coefficient (Wildman–Crippen LogP) is 7.36. The van der Waals surface area contributed by atoms with Gasteiger partial charge in [-0.25, -0.2) is 10.0 Å². The number of halogens is 4. The van der Waals surface area contributed by atoms with Gasteiger partial charge in [-0.1, -0.05) is 52.5 Å². The molecule has 0 aromatic heterocycles. The number of phenolic OH excluding ortho intramolecular Hbond substituents is 1. The highest BCUT2D eigenvalue weighted by molar-refractivity contribution is 6.43. The van der Waals surface area contributed by atoms with E-state index in [0.717, 1.165) is 10.6 Å². The van der Waals surface area contributed by atoms with Crippen LogP contribution in [0.25, 0.3) is 0 Å². The van der Waals surface area contributed by atoms with Crippen LogP contribution in [0.5, 0.6) is 5.75 Å². The van der Waals surface area contributed by atoms with E-state index in [1.807, 2.05) is 13.0 Å². The van der Waals surface area contributed by atoms with E-state index in [9.17, 15) is 9.90 Å². The van der Waals surface area contributed by atoms with Crippen LogP contribution in [0.2, 0.25) is 20.1 Å². The largest absolute Gasteiger partial charge is 0.508 e. The molecule has 0 bridgehead atoms. The summed E-state index contributed by atoms with van der Waals surface area (Å²) in [5.41, 5.74) is 5.60. The predicted molar refractivity (Wildman–Crippen MR) is 137 cm³/mol. The summed E-state index contributed by atoms with van der Waals surface area (Å²) >= 11 is 25.0. The molecule has 3 aromatic rings. The Morgan fingerprint density at radius 2 is 1.65 bits per heavy atom. The third-order valence-corrected chi connectivity index (χ3v) is 6.07. The molecule has 1 fully saturated rings. The second kappa shape index (κ2) is 9.80. The number of nitrogens with one attached hydrogen (secondary N) is 1. The normalized spacial score (nSPS) is 17.1. The highest BCUT2D eigenvalue weighted by atomic mass is 35.5. The van der Waals surface area contributed by atoms with E-state index in [-0.39, 0.29) is 27.3 Å². The van der Waals surface area contributed by atoms with Gasteiger partial charge < -0.3 is 5.11 Å². The van der Waals surface area contributed by atoms with Crippen molar-refractivity contribution in [3.05, 3.63) is 79.7 Å². The number of azo groups is 1. The minimum Gasteiger partial charge on any atom is -0.508 e. The number of phenols is 1. The molecule has 1 atom stereocenters. The van der Waals surface area contributed by atoms with Crippen molar-refractivity contribution < 1.29 is 9.90 Å². The Balaban J connectivity index is 1.79. The number of rotatable bonds is 4. The molecule has 1 unspecified atom stereocenters. The fraction of sp³-hybridized carbons (Fsp3) is 0.130. The summed E-state index contributed by atoms with van der Waals surface area (Å²) in [6.07, 6.45) is 0. The molecule has 34 heavy (non-hydrogen) atoms. The van der Waals surface area contributed by atoms with Gasteiger partial charge in [-0.3, -0.25) is 10.2 Å². The molecule has 4 rings (SSSR count). The molecule has 1 aliphatic rings. The first-order valence-corrected chi connectivity index (χ1v) is 11.5. The molecule has 11 heteroatoms. The summed E-state index contributed by atoms with van der Waals surface area (Å²) < 4.78 is 0. The van der Waals surface area contributed by atoms with Crippen LogP contribution < -0.4 is 10.4 Å². The van der Waals surface area contributed by atoms with Gasteiger partial charge in [0.2, 0.25) is 6.04 Å². The monoisotopic (exact) mass is 535 g/mol. The quantitative estimate of drug-likeness (QED) is 0.341. The maximum Gasteiger partial charge on any atom is 0.280 e. The van der Waals surface area contributed by atoms with E-state index in [4.69, 9.17) is 46.4 Å². The summed E-state index contributed by atoms with van der Waals surface area (Å²) in [5, 5.41) is 20.4. The van der Waals surface area contributed by atoms with Crippen LogP contribution in [0.15, 0.2) is 63.8 Å². The Kier molecular flexibility index (Phi) is 7.00. The number of nitrogens with zero attached hydrogens (tertiary/aromatic N) is 4. The number of carbonyl (C=O) groups excluding carboxylic acids is 1. The van der Waals surface area contributed by atoms with Gasteiger partial charge in [-0.2, -0.15) is 10.2 Å². The first kappa shape index (κ1) is 24.3. The fourth-order valence-corrected chi connectivity index (χ4v) is 4.38. The molecule has 1 heterocycles. The Morgan fingerprint density at radius 1 is 0.941 bits per heavy atom. The average Bonchev–Trinajstić information content (AvgIpc) is 3.06. The number of aryl methyl sites for hydroxylation is 2. The Labute approximate surface area is 215 Å². The molecule has 0 aliphatic carbocycles. The molecule has 174 valence electrons. The van der Waals surface area contributed by atoms with Crippen LogP contribution in [0.1, 0.15) is 11.1 Å². The summed E-state index contributed by atoms with van der Waals surface area (Å²) in [6.45, 7) is 3.63. The van der Waals surface area contributed by atoms with Gasteiger partial charge in [0.05, 0.1) is 26.4 Å². The third kappa shape index (κ3) is 4.98.